The van der Waals surface area contributed by atoms with E-state index in [9.17, 15) is 0 Å². The quantitative estimate of drug-likeness (QED) is 0.543. The Morgan fingerprint density at radius 2 is 1.38 bits per heavy atom. The third kappa shape index (κ3) is 5.73. The molecule has 0 amide bonds. The molecule has 0 radical (unpaired) electrons. The molecule has 0 aromatic heterocycles. The van der Waals surface area contributed by atoms with Gasteiger partial charge in [-0.15, -0.1) is 0 Å². The van der Waals surface area contributed by atoms with Crippen LogP contribution in [0, 0.1) is 30.1 Å². The second-order valence-corrected chi connectivity index (χ2v) is 5.22. The van der Waals surface area contributed by atoms with Crippen molar-refractivity contribution in [3.05, 3.63) is 6.42 Å². The normalized spacial score (nSPS) is 28.5. The van der Waals surface area contributed by atoms with Crippen LogP contribution in [-0.2, 0) is 0 Å². The first kappa shape index (κ1) is 19.6. The van der Waals surface area contributed by atoms with Crippen molar-refractivity contribution in [3.63, 3.8) is 0 Å². The zero-order valence-corrected chi connectivity index (χ0v) is 14.5. The van der Waals surface area contributed by atoms with Gasteiger partial charge in [-0.1, -0.05) is 71.6 Å². The molecule has 0 aromatic carbocycles. The molecule has 16 heavy (non-hydrogen) atoms. The first-order valence-electron chi connectivity index (χ1n) is 6.54. The van der Waals surface area contributed by atoms with Crippen LogP contribution in [-0.4, -0.2) is 23.1 Å². The molecule has 1 aliphatic carbocycles. The Morgan fingerprint density at radius 1 is 1.00 bits per heavy atom. The second kappa shape index (κ2) is 10.2. The van der Waals surface area contributed by atoms with Crippen LogP contribution in [0.15, 0.2) is 0 Å². The van der Waals surface area contributed by atoms with Gasteiger partial charge in [0, 0.05) is 0 Å². The predicted molar refractivity (Wildman–Crippen MR) is 69.8 cm³/mol. The molecule has 0 heterocycles. The largest absolute Gasteiger partial charge is 2.00 e. The van der Waals surface area contributed by atoms with Crippen LogP contribution in [0.2, 0.25) is 0 Å². The molecular weight excluding hydrogens is 272 g/mol. The van der Waals surface area contributed by atoms with Crippen molar-refractivity contribution >= 4 is 23.1 Å². The summed E-state index contributed by atoms with van der Waals surface area (Å²) < 4.78 is 0. The van der Waals surface area contributed by atoms with E-state index in [4.69, 9.17) is 0 Å². The Bertz CT molecular complexity index is 145. The van der Waals surface area contributed by atoms with Crippen molar-refractivity contribution in [2.75, 3.05) is 0 Å². The average molecular weight is 300 g/mol. The minimum absolute atomic E-state index is 0. The molecule has 0 nitrogen and oxygen atoms in total. The summed E-state index contributed by atoms with van der Waals surface area (Å²) in [7, 11) is 0. The van der Waals surface area contributed by atoms with Crippen LogP contribution in [0.5, 0.6) is 0 Å². The smallest absolute Gasteiger partial charge is 1.00 e. The van der Waals surface area contributed by atoms with Crippen molar-refractivity contribution in [2.24, 2.45) is 23.7 Å². The van der Waals surface area contributed by atoms with E-state index in [1.54, 1.807) is 0 Å². The average Bonchev–Trinajstić information content (AvgIpc) is 2.27. The van der Waals surface area contributed by atoms with Gasteiger partial charge in [0.15, 0.2) is 0 Å². The van der Waals surface area contributed by atoms with Gasteiger partial charge in [-0.2, -0.15) is 11.8 Å². The van der Waals surface area contributed by atoms with E-state index >= 15 is 0 Å². The number of rotatable bonds is 4. The van der Waals surface area contributed by atoms with Crippen molar-refractivity contribution in [3.8, 4) is 0 Å². The van der Waals surface area contributed by atoms with E-state index in [-0.39, 0.29) is 40.0 Å². The molecular formula is C14H27BrMg. The SMILES string of the molecule is CCC(C)C1[CH-]C(C(C)CC)CCC1.[Br-].[Mg+2]. The van der Waals surface area contributed by atoms with E-state index in [1.165, 1.54) is 32.1 Å². The van der Waals surface area contributed by atoms with Gasteiger partial charge in [-0.25, -0.2) is 0 Å². The molecule has 0 N–H and O–H groups in total. The monoisotopic (exact) mass is 298 g/mol. The maximum absolute atomic E-state index is 2.69. The maximum Gasteiger partial charge on any atom is 2.00 e. The first-order valence-corrected chi connectivity index (χ1v) is 6.54. The Balaban J connectivity index is 0. The van der Waals surface area contributed by atoms with Crippen molar-refractivity contribution in [1.29, 1.82) is 0 Å². The van der Waals surface area contributed by atoms with Gasteiger partial charge in [0.05, 0.1) is 0 Å². The van der Waals surface area contributed by atoms with Crippen LogP contribution >= 0.6 is 0 Å². The molecule has 1 aliphatic rings. The van der Waals surface area contributed by atoms with Crippen LogP contribution in [0.3, 0.4) is 0 Å². The van der Waals surface area contributed by atoms with E-state index in [1.807, 2.05) is 0 Å². The van der Waals surface area contributed by atoms with E-state index in [0.717, 1.165) is 23.7 Å². The minimum Gasteiger partial charge on any atom is -1.00 e. The topological polar surface area (TPSA) is 0 Å². The summed E-state index contributed by atoms with van der Waals surface area (Å²) >= 11 is 0. The molecule has 92 valence electrons. The minimum atomic E-state index is 0. The Morgan fingerprint density at radius 3 is 1.69 bits per heavy atom. The fourth-order valence-corrected chi connectivity index (χ4v) is 2.65. The maximum atomic E-state index is 2.69. The number of halogens is 1. The fraction of sp³-hybridized carbons (Fsp3) is 0.929. The molecule has 0 aromatic rings. The van der Waals surface area contributed by atoms with Crippen molar-refractivity contribution in [2.45, 2.75) is 59.8 Å². The molecule has 1 fully saturated rings. The number of hydrogen-bond donors (Lipinski definition) is 0. The van der Waals surface area contributed by atoms with E-state index < -0.39 is 0 Å². The van der Waals surface area contributed by atoms with Gasteiger partial charge in [0.1, 0.15) is 0 Å². The molecule has 1 rings (SSSR count). The van der Waals surface area contributed by atoms with Crippen LogP contribution in [0.1, 0.15) is 59.8 Å². The molecule has 4 atom stereocenters. The van der Waals surface area contributed by atoms with Crippen LogP contribution in [0.25, 0.3) is 0 Å². The zero-order valence-electron chi connectivity index (χ0n) is 11.5. The van der Waals surface area contributed by atoms with Gasteiger partial charge in [0.25, 0.3) is 0 Å². The third-order valence-electron chi connectivity index (χ3n) is 4.32. The van der Waals surface area contributed by atoms with Gasteiger partial charge in [-0.05, 0) is 0 Å². The van der Waals surface area contributed by atoms with Crippen molar-refractivity contribution < 1.29 is 17.0 Å². The Kier molecular flexibility index (Phi) is 12.5. The molecule has 4 unspecified atom stereocenters. The predicted octanol–water partition coefficient (Wildman–Crippen LogP) is 1.32. The second-order valence-electron chi connectivity index (χ2n) is 5.22. The first-order chi connectivity index (χ1) is 6.69. The standard InChI is InChI=1S/C14H27.BrH.Mg/c1-5-11(3)13-8-7-9-14(10-13)12(4)6-2;;/h10-14H,5-9H2,1-4H3;1H;/q-1;;+2/p-1. The Labute approximate surface area is 129 Å². The van der Waals surface area contributed by atoms with Gasteiger partial charge in [-0.3, -0.25) is 0 Å². The molecule has 0 spiro atoms. The van der Waals surface area contributed by atoms with Crippen molar-refractivity contribution in [1.82, 2.24) is 0 Å². The van der Waals surface area contributed by atoms with E-state index in [0.29, 0.717) is 0 Å². The van der Waals surface area contributed by atoms with Gasteiger partial charge >= 0.3 is 23.1 Å². The molecule has 1 saturated carbocycles. The molecule has 0 aliphatic heterocycles. The van der Waals surface area contributed by atoms with E-state index in [2.05, 4.69) is 34.1 Å². The molecule has 0 saturated heterocycles. The summed E-state index contributed by atoms with van der Waals surface area (Å²) in [5.41, 5.74) is 0. The van der Waals surface area contributed by atoms with Crippen LogP contribution < -0.4 is 17.0 Å². The fourth-order valence-electron chi connectivity index (χ4n) is 2.65. The number of hydrogen-bond acceptors (Lipinski definition) is 0. The summed E-state index contributed by atoms with van der Waals surface area (Å²) in [6.07, 6.45) is 9.72. The third-order valence-corrected chi connectivity index (χ3v) is 4.32. The Hall–Kier alpha value is 1.25. The summed E-state index contributed by atoms with van der Waals surface area (Å²) in [5.74, 6) is 3.63. The summed E-state index contributed by atoms with van der Waals surface area (Å²) in [6.45, 7) is 9.48. The molecule has 0 bridgehead atoms. The van der Waals surface area contributed by atoms with Gasteiger partial charge < -0.3 is 23.4 Å². The van der Waals surface area contributed by atoms with Gasteiger partial charge in [0.2, 0.25) is 0 Å². The summed E-state index contributed by atoms with van der Waals surface area (Å²) in [4.78, 5) is 0. The zero-order chi connectivity index (χ0) is 10.6. The van der Waals surface area contributed by atoms with Crippen LogP contribution in [0.4, 0.5) is 0 Å². The molecule has 2 heteroatoms. The summed E-state index contributed by atoms with van der Waals surface area (Å²) in [5, 5.41) is 0. The summed E-state index contributed by atoms with van der Waals surface area (Å²) in [6, 6.07) is 0.